The smallest absolute Gasteiger partial charge is 0.251 e. The Morgan fingerprint density at radius 3 is 2.13 bits per heavy atom. The fourth-order valence-corrected chi connectivity index (χ4v) is 5.61. The zero-order valence-corrected chi connectivity index (χ0v) is 22.1. The second-order valence-corrected chi connectivity index (χ2v) is 10.5. The van der Waals surface area contributed by atoms with E-state index in [0.717, 1.165) is 35.4 Å². The molecule has 2 aliphatic carbocycles. The van der Waals surface area contributed by atoms with Gasteiger partial charge in [-0.05, 0) is 111 Å². The van der Waals surface area contributed by atoms with E-state index < -0.39 is 30.4 Å². The number of fused-ring (bicyclic) bond motifs is 2. The molecule has 2 amide bonds. The van der Waals surface area contributed by atoms with Crippen LogP contribution in [0.1, 0.15) is 66.9 Å². The summed E-state index contributed by atoms with van der Waals surface area (Å²) >= 11 is 0. The normalized spacial score (nSPS) is 20.5. The lowest BCUT2D eigenvalue weighted by atomic mass is 9.85. The van der Waals surface area contributed by atoms with Crippen molar-refractivity contribution in [3.63, 3.8) is 0 Å². The van der Waals surface area contributed by atoms with Crippen LogP contribution in [0.3, 0.4) is 0 Å². The zero-order chi connectivity index (χ0) is 27.8. The second-order valence-electron chi connectivity index (χ2n) is 10.5. The van der Waals surface area contributed by atoms with Crippen LogP contribution in [-0.4, -0.2) is 46.6 Å². The molecule has 0 unspecified atom stereocenters. The third-order valence-electron chi connectivity index (χ3n) is 7.69. The Morgan fingerprint density at radius 1 is 0.949 bits per heavy atom. The van der Waals surface area contributed by atoms with E-state index in [1.165, 1.54) is 32.6 Å². The number of ketones is 1. The van der Waals surface area contributed by atoms with Crippen LogP contribution >= 0.6 is 0 Å². The lowest BCUT2D eigenvalue weighted by Crippen LogP contribution is -2.48. The Bertz CT molecular complexity index is 1310. The standard InChI is InChI=1S/C32H34N2O5/c1-21(36)31(29(37)20-35)34-32(39)25-11-6-22(7-12-25)4-2-3-5-23-9-15-28(16-10-23)33-30(38)17-14-27-19-24-8-13-26(27)18-24/h6-7,9-12,15-16,21,24,26-27,31,35-36H,8,13-14,17-20H2,1H3,(H,33,38)(H,34,39)/t21-,24+,26-,27-,31+/m1/s1. The third-order valence-corrected chi connectivity index (χ3v) is 7.69. The fraction of sp³-hybridized carbons (Fsp3) is 0.406. The van der Waals surface area contributed by atoms with Crippen molar-refractivity contribution < 1.29 is 24.6 Å². The van der Waals surface area contributed by atoms with E-state index in [2.05, 4.69) is 34.3 Å². The number of carbonyl (C=O) groups excluding carboxylic acids is 3. The topological polar surface area (TPSA) is 116 Å². The van der Waals surface area contributed by atoms with Crippen LogP contribution in [0.5, 0.6) is 0 Å². The highest BCUT2D eigenvalue weighted by atomic mass is 16.3. The molecule has 5 atom stereocenters. The van der Waals surface area contributed by atoms with Crippen molar-refractivity contribution in [1.29, 1.82) is 0 Å². The minimum absolute atomic E-state index is 0.0624. The van der Waals surface area contributed by atoms with Crippen LogP contribution in [0.25, 0.3) is 0 Å². The van der Waals surface area contributed by atoms with Gasteiger partial charge in [0.25, 0.3) is 5.91 Å². The maximum absolute atomic E-state index is 12.4. The number of carbonyl (C=O) groups is 3. The number of nitrogens with one attached hydrogen (secondary N) is 2. The van der Waals surface area contributed by atoms with Gasteiger partial charge in [-0.15, -0.1) is 0 Å². The Balaban J connectivity index is 1.24. The van der Waals surface area contributed by atoms with Gasteiger partial charge >= 0.3 is 0 Å². The highest BCUT2D eigenvalue weighted by molar-refractivity contribution is 5.98. The molecule has 0 heterocycles. The summed E-state index contributed by atoms with van der Waals surface area (Å²) in [5, 5.41) is 24.1. The molecule has 0 aromatic heterocycles. The van der Waals surface area contributed by atoms with Crippen LogP contribution in [0.15, 0.2) is 48.5 Å². The summed E-state index contributed by atoms with van der Waals surface area (Å²) in [4.78, 5) is 36.4. The summed E-state index contributed by atoms with van der Waals surface area (Å²) in [6, 6.07) is 12.6. The summed E-state index contributed by atoms with van der Waals surface area (Å²) in [6.07, 6.45) is 5.82. The number of rotatable bonds is 9. The highest BCUT2D eigenvalue weighted by Crippen LogP contribution is 2.49. The predicted octanol–water partition coefficient (Wildman–Crippen LogP) is 3.29. The molecule has 4 rings (SSSR count). The molecule has 2 aromatic rings. The molecule has 2 bridgehead atoms. The van der Waals surface area contributed by atoms with Gasteiger partial charge in [0, 0.05) is 28.8 Å². The Morgan fingerprint density at radius 2 is 1.59 bits per heavy atom. The molecule has 0 spiro atoms. The van der Waals surface area contributed by atoms with Gasteiger partial charge in [-0.3, -0.25) is 14.4 Å². The quantitative estimate of drug-likeness (QED) is 0.375. The van der Waals surface area contributed by atoms with Crippen molar-refractivity contribution in [2.24, 2.45) is 17.8 Å². The van der Waals surface area contributed by atoms with Crippen molar-refractivity contribution in [1.82, 2.24) is 5.32 Å². The van der Waals surface area contributed by atoms with Crippen LogP contribution < -0.4 is 10.6 Å². The number of aliphatic hydroxyl groups excluding tert-OH is 2. The van der Waals surface area contributed by atoms with Gasteiger partial charge in [0.15, 0.2) is 5.78 Å². The molecule has 2 fully saturated rings. The molecule has 39 heavy (non-hydrogen) atoms. The molecule has 2 aromatic carbocycles. The lowest BCUT2D eigenvalue weighted by molar-refractivity contribution is -0.126. The summed E-state index contributed by atoms with van der Waals surface area (Å²) < 4.78 is 0. The lowest BCUT2D eigenvalue weighted by Gasteiger charge is -2.21. The van der Waals surface area contributed by atoms with Gasteiger partial charge in [-0.2, -0.15) is 0 Å². The minimum atomic E-state index is -1.18. The van der Waals surface area contributed by atoms with E-state index in [0.29, 0.717) is 17.5 Å². The van der Waals surface area contributed by atoms with Crippen molar-refractivity contribution in [2.45, 2.75) is 57.6 Å². The maximum Gasteiger partial charge on any atom is 0.251 e. The largest absolute Gasteiger partial charge is 0.391 e. The van der Waals surface area contributed by atoms with Crippen LogP contribution in [0.4, 0.5) is 5.69 Å². The number of hydrogen-bond donors (Lipinski definition) is 4. The summed E-state index contributed by atoms with van der Waals surface area (Å²) in [5.74, 6) is 12.8. The van der Waals surface area contributed by atoms with E-state index in [1.54, 1.807) is 24.3 Å². The van der Waals surface area contributed by atoms with E-state index in [9.17, 15) is 19.5 Å². The first-order chi connectivity index (χ1) is 18.8. The molecular formula is C32H34N2O5. The average molecular weight is 527 g/mol. The molecule has 0 aliphatic heterocycles. The number of amides is 2. The van der Waals surface area contributed by atoms with Gasteiger partial charge in [0.05, 0.1) is 6.10 Å². The third kappa shape index (κ3) is 7.80. The summed E-state index contributed by atoms with van der Waals surface area (Å²) in [7, 11) is 0. The molecule has 7 heteroatoms. The molecule has 4 N–H and O–H groups in total. The molecule has 0 saturated heterocycles. The first-order valence-corrected chi connectivity index (χ1v) is 13.5. The van der Waals surface area contributed by atoms with E-state index in [1.807, 2.05) is 24.3 Å². The first-order valence-electron chi connectivity index (χ1n) is 13.5. The fourth-order valence-electron chi connectivity index (χ4n) is 5.61. The number of anilines is 1. The molecule has 0 radical (unpaired) electrons. The first kappa shape index (κ1) is 28.1. The van der Waals surface area contributed by atoms with E-state index >= 15 is 0 Å². The predicted molar refractivity (Wildman–Crippen MR) is 148 cm³/mol. The van der Waals surface area contributed by atoms with E-state index in [-0.39, 0.29) is 5.91 Å². The van der Waals surface area contributed by atoms with Crippen molar-refractivity contribution >= 4 is 23.3 Å². The zero-order valence-electron chi connectivity index (χ0n) is 22.1. The molecule has 7 nitrogen and oxygen atoms in total. The van der Waals surface area contributed by atoms with Gasteiger partial charge in [0.2, 0.25) is 5.91 Å². The molecule has 2 aliphatic rings. The SMILES string of the molecule is C[C@@H](O)[C@H](NC(=O)c1ccc(C#CC#Cc2ccc(NC(=O)CC[C@@H]3C[C@H]4CC[C@@H]3C4)cc2)cc1)C(=O)CO. The summed E-state index contributed by atoms with van der Waals surface area (Å²) in [5.41, 5.74) is 2.49. The van der Waals surface area contributed by atoms with Crippen molar-refractivity contribution in [3.8, 4) is 23.7 Å². The maximum atomic E-state index is 12.4. The van der Waals surface area contributed by atoms with Gasteiger partial charge in [-0.1, -0.05) is 18.3 Å². The average Bonchev–Trinajstić information content (AvgIpc) is 3.57. The van der Waals surface area contributed by atoms with Crippen LogP contribution in [0.2, 0.25) is 0 Å². The second kappa shape index (κ2) is 13.2. The number of hydrogen-bond acceptors (Lipinski definition) is 5. The number of Topliss-reactive ketones (excluding diaryl/α,β-unsaturated/α-hetero) is 1. The number of aliphatic hydroxyl groups is 2. The van der Waals surface area contributed by atoms with Gasteiger partial charge < -0.3 is 20.8 Å². The molecule has 202 valence electrons. The Hall–Kier alpha value is -3.91. The molecule has 2 saturated carbocycles. The Kier molecular flexibility index (Phi) is 9.54. The van der Waals surface area contributed by atoms with Gasteiger partial charge in [-0.25, -0.2) is 0 Å². The Labute approximate surface area is 229 Å². The number of benzene rings is 2. The minimum Gasteiger partial charge on any atom is -0.391 e. The van der Waals surface area contributed by atoms with Crippen molar-refractivity contribution in [3.05, 3.63) is 65.2 Å². The van der Waals surface area contributed by atoms with Crippen molar-refractivity contribution in [2.75, 3.05) is 11.9 Å². The summed E-state index contributed by atoms with van der Waals surface area (Å²) in [6.45, 7) is 0.596. The van der Waals surface area contributed by atoms with Crippen LogP contribution in [0, 0.1) is 41.4 Å². The van der Waals surface area contributed by atoms with Crippen LogP contribution in [-0.2, 0) is 9.59 Å². The van der Waals surface area contributed by atoms with Gasteiger partial charge in [0.1, 0.15) is 12.6 Å². The van der Waals surface area contributed by atoms with E-state index in [4.69, 9.17) is 5.11 Å². The molecular weight excluding hydrogens is 492 g/mol. The monoisotopic (exact) mass is 526 g/mol. The highest BCUT2D eigenvalue weighted by Gasteiger charge is 2.39.